The number of ether oxygens (including phenoxy) is 2. The lowest BCUT2D eigenvalue weighted by atomic mass is 10.0. The minimum absolute atomic E-state index is 0.0311. The summed E-state index contributed by atoms with van der Waals surface area (Å²) in [4.78, 5) is 77.1. The molecule has 0 saturated carbocycles. The highest BCUT2D eigenvalue weighted by atomic mass is 32.2. The predicted octanol–water partition coefficient (Wildman–Crippen LogP) is 13.3. The minimum Gasteiger partial charge on any atom is -0.462 e. The van der Waals surface area contributed by atoms with Crippen LogP contribution < -0.4 is 16.0 Å². The van der Waals surface area contributed by atoms with Crippen molar-refractivity contribution in [1.82, 2.24) is 16.0 Å². The summed E-state index contributed by atoms with van der Waals surface area (Å²) in [6.45, 7) is 5.15. The van der Waals surface area contributed by atoms with Gasteiger partial charge in [-0.2, -0.15) is 11.8 Å². The topological polar surface area (TPSA) is 197 Å². The largest absolute Gasteiger partial charge is 0.462 e. The Morgan fingerprint density at radius 1 is 0.419 bits per heavy atom. The van der Waals surface area contributed by atoms with Crippen molar-refractivity contribution in [2.75, 3.05) is 31.3 Å². The Labute approximate surface area is 456 Å². The molecular formula is C60H113N3O10S. The van der Waals surface area contributed by atoms with E-state index in [0.717, 1.165) is 64.2 Å². The number of nitrogens with one attached hydrogen (secondary N) is 3. The molecule has 0 aromatic heterocycles. The molecule has 0 bridgehead atoms. The number of thioether (sulfide) groups is 1. The van der Waals surface area contributed by atoms with Crippen molar-refractivity contribution in [1.29, 1.82) is 0 Å². The zero-order valence-electron chi connectivity index (χ0n) is 47.7. The summed E-state index contributed by atoms with van der Waals surface area (Å²) in [6.07, 6.45) is 46.7. The van der Waals surface area contributed by atoms with Crippen molar-refractivity contribution >= 4 is 47.7 Å². The smallest absolute Gasteiger partial charge is 0.306 e. The van der Waals surface area contributed by atoms with Gasteiger partial charge in [0.15, 0.2) is 0 Å². The van der Waals surface area contributed by atoms with Crippen LogP contribution in [-0.2, 0) is 38.2 Å². The summed E-state index contributed by atoms with van der Waals surface area (Å²) in [5.41, 5.74) is 0. The Kier molecular flexibility index (Phi) is 53.0. The molecule has 74 heavy (non-hydrogen) atoms. The molecule has 0 rings (SSSR count). The Hall–Kier alpha value is -2.71. The van der Waals surface area contributed by atoms with Gasteiger partial charge in [0.05, 0.1) is 13.2 Å². The fourth-order valence-corrected chi connectivity index (χ4v) is 10.2. The number of hydrogen-bond donors (Lipinski definition) is 5. The monoisotopic (exact) mass is 1070 g/mol. The Balaban J connectivity index is 5.40. The van der Waals surface area contributed by atoms with Crippen molar-refractivity contribution < 1.29 is 48.5 Å². The number of aliphatic hydroxyl groups is 2. The molecule has 1 unspecified atom stereocenters. The molecule has 0 fully saturated rings. The molecule has 0 aliphatic rings. The van der Waals surface area contributed by atoms with Crippen LogP contribution in [0.25, 0.3) is 0 Å². The highest BCUT2D eigenvalue weighted by Crippen LogP contribution is 2.18. The molecule has 14 heteroatoms. The van der Waals surface area contributed by atoms with Crippen LogP contribution in [0.1, 0.15) is 290 Å². The maximum absolute atomic E-state index is 13.7. The number of aldehydes is 1. The number of hydrogen-bond acceptors (Lipinski definition) is 11. The van der Waals surface area contributed by atoms with E-state index in [1.807, 2.05) is 0 Å². The molecule has 5 N–H and O–H groups in total. The summed E-state index contributed by atoms with van der Waals surface area (Å²) < 4.78 is 11.6. The average Bonchev–Trinajstić information content (AvgIpc) is 3.39. The van der Waals surface area contributed by atoms with Crippen molar-refractivity contribution in [3.8, 4) is 0 Å². The first-order valence-corrected chi connectivity index (χ1v) is 31.8. The molecule has 0 aliphatic heterocycles. The Bertz CT molecular complexity index is 1340. The maximum atomic E-state index is 13.7. The highest BCUT2D eigenvalue weighted by Gasteiger charge is 2.28. The SMILES string of the molecule is CCCCCCCCCCCCCCCC(=O)N[C@@H](CSCC(COC(=O)CCCCCCCCCCCCCCC)OC(=O)CCCCCCCCCCCCCCC)C(=O)N[C@@H](CO)C(=O)N[C@H](C=O)CO. The van der Waals surface area contributed by atoms with E-state index in [1.165, 1.54) is 185 Å². The number of esters is 2. The van der Waals surface area contributed by atoms with Gasteiger partial charge in [0, 0.05) is 30.8 Å². The van der Waals surface area contributed by atoms with Crippen LogP contribution in [0.2, 0.25) is 0 Å². The standard InChI is InChI=1S/C60H113N3O10S/c1-4-7-10-13-16-19-22-25-28-31-34-37-40-43-56(67)62-55(60(71)63-54(48-66)59(70)61-52(46-64)47-65)51-74-50-53(73-58(69)45-42-39-36-33-30-27-24-21-18-15-12-9-6-3)49-72-57(68)44-41-38-35-32-29-26-23-20-17-14-11-8-5-2/h46,52-55,65-66H,4-45,47-51H2,1-3H3,(H,61,70)(H,62,67)(H,63,71)/t52-,53?,54+,55+/m1/s1. The Morgan fingerprint density at radius 3 is 1.14 bits per heavy atom. The molecule has 0 aromatic carbocycles. The van der Waals surface area contributed by atoms with Gasteiger partial charge in [-0.15, -0.1) is 0 Å². The number of rotatable bonds is 57. The van der Waals surface area contributed by atoms with E-state index >= 15 is 0 Å². The third kappa shape index (κ3) is 46.6. The van der Waals surface area contributed by atoms with E-state index in [-0.39, 0.29) is 55.2 Å². The highest BCUT2D eigenvalue weighted by molar-refractivity contribution is 7.99. The lowest BCUT2D eigenvalue weighted by Crippen LogP contribution is -2.57. The van der Waals surface area contributed by atoms with Crippen LogP contribution in [-0.4, -0.2) is 102 Å². The zero-order valence-corrected chi connectivity index (χ0v) is 48.5. The second kappa shape index (κ2) is 55.1. The van der Waals surface area contributed by atoms with Gasteiger partial charge >= 0.3 is 11.9 Å². The fourth-order valence-electron chi connectivity index (χ4n) is 9.14. The van der Waals surface area contributed by atoms with E-state index in [0.29, 0.717) is 19.1 Å². The van der Waals surface area contributed by atoms with E-state index in [1.54, 1.807) is 0 Å². The van der Waals surface area contributed by atoms with Crippen molar-refractivity contribution in [2.45, 2.75) is 315 Å². The second-order valence-corrected chi connectivity index (χ2v) is 22.2. The van der Waals surface area contributed by atoms with Gasteiger partial charge < -0.3 is 40.4 Å². The number of amides is 3. The van der Waals surface area contributed by atoms with Crippen molar-refractivity contribution in [2.24, 2.45) is 0 Å². The Morgan fingerprint density at radius 2 is 0.770 bits per heavy atom. The van der Waals surface area contributed by atoms with E-state index in [2.05, 4.69) is 36.7 Å². The molecule has 3 amide bonds. The summed E-state index contributed by atoms with van der Waals surface area (Å²) in [6, 6.07) is -3.79. The van der Waals surface area contributed by atoms with Crippen LogP contribution in [0, 0.1) is 0 Å². The van der Waals surface area contributed by atoms with Crippen LogP contribution in [0.15, 0.2) is 0 Å². The van der Waals surface area contributed by atoms with Crippen LogP contribution in [0.5, 0.6) is 0 Å². The molecule has 0 aromatic rings. The third-order valence-electron chi connectivity index (χ3n) is 13.9. The molecule has 0 aliphatic carbocycles. The lowest BCUT2D eigenvalue weighted by molar-refractivity contribution is -0.157. The van der Waals surface area contributed by atoms with Gasteiger partial charge in [-0.25, -0.2) is 0 Å². The summed E-state index contributed by atoms with van der Waals surface area (Å²) in [5, 5.41) is 27.0. The minimum atomic E-state index is -1.45. The number of carbonyl (C=O) groups is 6. The lowest BCUT2D eigenvalue weighted by Gasteiger charge is -2.23. The number of aliphatic hydroxyl groups excluding tert-OH is 2. The zero-order chi connectivity index (χ0) is 54.4. The molecule has 4 atom stereocenters. The number of carbonyl (C=O) groups excluding carboxylic acids is 6. The van der Waals surface area contributed by atoms with Crippen molar-refractivity contribution in [3.63, 3.8) is 0 Å². The van der Waals surface area contributed by atoms with Gasteiger partial charge in [0.2, 0.25) is 17.7 Å². The first-order valence-electron chi connectivity index (χ1n) is 30.6. The summed E-state index contributed by atoms with van der Waals surface area (Å²) in [7, 11) is 0. The van der Waals surface area contributed by atoms with Crippen molar-refractivity contribution in [3.05, 3.63) is 0 Å². The van der Waals surface area contributed by atoms with Gasteiger partial charge in [0.25, 0.3) is 0 Å². The maximum Gasteiger partial charge on any atom is 0.306 e. The second-order valence-electron chi connectivity index (χ2n) is 21.1. The molecule has 0 saturated heterocycles. The third-order valence-corrected chi connectivity index (χ3v) is 15.1. The molecule has 13 nitrogen and oxygen atoms in total. The van der Waals surface area contributed by atoms with E-state index < -0.39 is 49.3 Å². The first kappa shape index (κ1) is 71.3. The summed E-state index contributed by atoms with van der Waals surface area (Å²) >= 11 is 1.24. The predicted molar refractivity (Wildman–Crippen MR) is 305 cm³/mol. The first-order chi connectivity index (χ1) is 36.1. The van der Waals surface area contributed by atoms with Crippen LogP contribution in [0.4, 0.5) is 0 Å². The molecule has 0 spiro atoms. The van der Waals surface area contributed by atoms with Gasteiger partial charge in [-0.1, -0.05) is 252 Å². The normalized spacial score (nSPS) is 12.9. The van der Waals surface area contributed by atoms with Gasteiger partial charge in [-0.05, 0) is 19.3 Å². The number of unbranched alkanes of at least 4 members (excludes halogenated alkanes) is 36. The summed E-state index contributed by atoms with van der Waals surface area (Å²) in [5.74, 6) is -2.44. The van der Waals surface area contributed by atoms with Crippen LogP contribution in [0.3, 0.4) is 0 Å². The van der Waals surface area contributed by atoms with Crippen LogP contribution >= 0.6 is 11.8 Å². The van der Waals surface area contributed by atoms with E-state index in [9.17, 15) is 39.0 Å². The van der Waals surface area contributed by atoms with Gasteiger partial charge in [0.1, 0.15) is 37.1 Å². The quantitative estimate of drug-likeness (QED) is 0.0221. The molecule has 0 heterocycles. The average molecular weight is 1070 g/mol. The fraction of sp³-hybridized carbons (Fsp3) is 0.900. The van der Waals surface area contributed by atoms with Gasteiger partial charge in [-0.3, -0.25) is 24.0 Å². The van der Waals surface area contributed by atoms with E-state index in [4.69, 9.17) is 9.47 Å². The molecule has 0 radical (unpaired) electrons. The molecular weight excluding hydrogens is 955 g/mol. The molecule has 434 valence electrons.